The Kier molecular flexibility index (Phi) is 7.10. The molecule has 2 aliphatic heterocycles. The molecule has 1 aromatic rings. The van der Waals surface area contributed by atoms with Crippen molar-refractivity contribution in [1.29, 1.82) is 0 Å². The summed E-state index contributed by atoms with van der Waals surface area (Å²) in [5.41, 5.74) is 2.88. The number of likely N-dealkylation sites (tertiary alicyclic amines) is 2. The highest BCUT2D eigenvalue weighted by Gasteiger charge is 2.40. The zero-order valence-corrected chi connectivity index (χ0v) is 16.0. The van der Waals surface area contributed by atoms with Crippen LogP contribution in [0.25, 0.3) is 0 Å². The molecule has 1 unspecified atom stereocenters. The minimum absolute atomic E-state index is 0.130. The van der Waals surface area contributed by atoms with Crippen molar-refractivity contribution in [2.45, 2.75) is 32.2 Å². The molecule has 2 fully saturated rings. The Balaban J connectivity index is 1.52. The Morgan fingerprint density at radius 3 is 2.69 bits per heavy atom. The van der Waals surface area contributed by atoms with Crippen LogP contribution in [0.2, 0.25) is 0 Å². The first-order chi connectivity index (χ1) is 12.7. The third kappa shape index (κ3) is 5.31. The average Bonchev–Trinajstić information content (AvgIpc) is 3.03. The first-order valence-corrected chi connectivity index (χ1v) is 9.85. The van der Waals surface area contributed by atoms with Crippen LogP contribution in [-0.4, -0.2) is 68.0 Å². The second-order valence-corrected chi connectivity index (χ2v) is 7.81. The topological polar surface area (TPSA) is 35.9 Å². The Morgan fingerprint density at radius 2 is 1.92 bits per heavy atom. The van der Waals surface area contributed by atoms with E-state index in [2.05, 4.69) is 45.9 Å². The molecular weight excluding hydrogens is 324 g/mol. The van der Waals surface area contributed by atoms with E-state index in [0.29, 0.717) is 11.8 Å². The van der Waals surface area contributed by atoms with Crippen molar-refractivity contribution in [3.05, 3.63) is 35.4 Å². The maximum atomic E-state index is 8.79. The van der Waals surface area contributed by atoms with Crippen LogP contribution >= 0.6 is 0 Å². The summed E-state index contributed by atoms with van der Waals surface area (Å²) in [6.45, 7) is 7.94. The van der Waals surface area contributed by atoms with Gasteiger partial charge in [-0.3, -0.25) is 4.90 Å². The van der Waals surface area contributed by atoms with Crippen LogP contribution in [0.5, 0.6) is 0 Å². The van der Waals surface area contributed by atoms with Gasteiger partial charge in [-0.2, -0.15) is 0 Å². The van der Waals surface area contributed by atoms with Crippen molar-refractivity contribution in [2.24, 2.45) is 5.41 Å². The summed E-state index contributed by atoms with van der Waals surface area (Å²) >= 11 is 0. The molecule has 0 bridgehead atoms. The lowest BCUT2D eigenvalue weighted by Crippen LogP contribution is -2.45. The molecule has 4 heteroatoms. The molecule has 2 heterocycles. The lowest BCUT2D eigenvalue weighted by Gasteiger charge is -2.40. The van der Waals surface area contributed by atoms with Gasteiger partial charge in [-0.15, -0.1) is 0 Å². The molecule has 0 saturated carbocycles. The molecule has 2 saturated heterocycles. The predicted octanol–water partition coefficient (Wildman–Crippen LogP) is 2.35. The van der Waals surface area contributed by atoms with Crippen LogP contribution in [0.4, 0.5) is 0 Å². The Bertz CT molecular complexity index is 619. The molecule has 142 valence electrons. The Hall–Kier alpha value is -1.38. The minimum atomic E-state index is 0.130. The summed E-state index contributed by atoms with van der Waals surface area (Å²) in [5, 5.41) is 8.79. The van der Waals surface area contributed by atoms with Gasteiger partial charge in [0, 0.05) is 45.3 Å². The molecule has 3 rings (SSSR count). The summed E-state index contributed by atoms with van der Waals surface area (Å²) in [5.74, 6) is 6.07. The Morgan fingerprint density at radius 1 is 1.12 bits per heavy atom. The smallest absolute Gasteiger partial charge is 0.0589 e. The molecule has 0 aromatic heterocycles. The summed E-state index contributed by atoms with van der Waals surface area (Å²) in [6.07, 6.45) is 4.55. The largest absolute Gasteiger partial charge is 0.395 e. The van der Waals surface area contributed by atoms with Crippen LogP contribution in [0.1, 0.15) is 36.8 Å². The molecule has 1 atom stereocenters. The SMILES string of the molecule is COCCN1CCCC2(CCN(Cc3ccc(C#CCCO)cc3)C2)C1. The van der Waals surface area contributed by atoms with Crippen LogP contribution < -0.4 is 0 Å². The summed E-state index contributed by atoms with van der Waals surface area (Å²) in [7, 11) is 1.79. The fourth-order valence-corrected chi connectivity index (χ4v) is 4.39. The van der Waals surface area contributed by atoms with Crippen molar-refractivity contribution in [3.63, 3.8) is 0 Å². The van der Waals surface area contributed by atoms with Crippen LogP contribution in [-0.2, 0) is 11.3 Å². The second-order valence-electron chi connectivity index (χ2n) is 7.81. The monoisotopic (exact) mass is 356 g/mol. The van der Waals surface area contributed by atoms with Crippen molar-refractivity contribution in [1.82, 2.24) is 9.80 Å². The summed E-state index contributed by atoms with van der Waals surface area (Å²) < 4.78 is 5.26. The number of hydrogen-bond acceptors (Lipinski definition) is 4. The molecule has 1 spiro atoms. The van der Waals surface area contributed by atoms with E-state index in [1.54, 1.807) is 7.11 Å². The number of aliphatic hydroxyl groups is 1. The summed E-state index contributed by atoms with van der Waals surface area (Å²) in [6, 6.07) is 8.58. The third-order valence-corrected chi connectivity index (χ3v) is 5.70. The maximum absolute atomic E-state index is 8.79. The van der Waals surface area contributed by atoms with Crippen molar-refractivity contribution < 1.29 is 9.84 Å². The van der Waals surface area contributed by atoms with Crippen LogP contribution in [0, 0.1) is 17.3 Å². The molecule has 0 amide bonds. The van der Waals surface area contributed by atoms with Crippen molar-refractivity contribution in [2.75, 3.05) is 53.0 Å². The van der Waals surface area contributed by atoms with Gasteiger partial charge in [-0.05, 0) is 55.5 Å². The van der Waals surface area contributed by atoms with Gasteiger partial charge in [-0.1, -0.05) is 24.0 Å². The van der Waals surface area contributed by atoms with Gasteiger partial charge in [0.05, 0.1) is 13.2 Å². The molecule has 1 aromatic carbocycles. The fourth-order valence-electron chi connectivity index (χ4n) is 4.39. The second kappa shape index (κ2) is 9.53. The van der Waals surface area contributed by atoms with Gasteiger partial charge in [0.2, 0.25) is 0 Å². The van der Waals surface area contributed by atoms with E-state index in [-0.39, 0.29) is 6.61 Å². The third-order valence-electron chi connectivity index (χ3n) is 5.70. The first-order valence-electron chi connectivity index (χ1n) is 9.85. The number of ether oxygens (including phenoxy) is 1. The van der Waals surface area contributed by atoms with E-state index < -0.39 is 0 Å². The number of nitrogens with zero attached hydrogens (tertiary/aromatic N) is 2. The number of benzene rings is 1. The van der Waals surface area contributed by atoms with Gasteiger partial charge in [0.15, 0.2) is 0 Å². The number of aliphatic hydroxyl groups excluding tert-OH is 1. The lowest BCUT2D eigenvalue weighted by atomic mass is 9.79. The van der Waals surface area contributed by atoms with E-state index in [1.165, 1.54) is 51.0 Å². The number of methoxy groups -OCH3 is 1. The first kappa shape index (κ1) is 19.4. The van der Waals surface area contributed by atoms with Gasteiger partial charge < -0.3 is 14.7 Å². The molecule has 0 aliphatic carbocycles. The highest BCUT2D eigenvalue weighted by Crippen LogP contribution is 2.39. The van der Waals surface area contributed by atoms with Gasteiger partial charge >= 0.3 is 0 Å². The minimum Gasteiger partial charge on any atom is -0.395 e. The van der Waals surface area contributed by atoms with Crippen molar-refractivity contribution >= 4 is 0 Å². The molecular formula is C22H32N2O2. The number of piperidine rings is 1. The van der Waals surface area contributed by atoms with E-state index in [0.717, 1.165) is 25.3 Å². The highest BCUT2D eigenvalue weighted by molar-refractivity contribution is 5.36. The van der Waals surface area contributed by atoms with E-state index in [4.69, 9.17) is 9.84 Å². The number of rotatable bonds is 6. The quantitative estimate of drug-likeness (QED) is 0.794. The number of hydrogen-bond donors (Lipinski definition) is 1. The van der Waals surface area contributed by atoms with Crippen LogP contribution in [0.3, 0.4) is 0 Å². The standard InChI is InChI=1S/C22H32N2O2/c1-26-16-14-23-12-4-10-22(18-23)11-13-24(19-22)17-21-8-6-20(7-9-21)5-2-3-15-25/h6-9,25H,3-4,10-19H2,1H3. The van der Waals surface area contributed by atoms with Crippen LogP contribution in [0.15, 0.2) is 24.3 Å². The van der Waals surface area contributed by atoms with E-state index >= 15 is 0 Å². The highest BCUT2D eigenvalue weighted by atomic mass is 16.5. The fraction of sp³-hybridized carbons (Fsp3) is 0.636. The van der Waals surface area contributed by atoms with E-state index in [1.807, 2.05) is 0 Å². The molecule has 2 aliphatic rings. The van der Waals surface area contributed by atoms with Gasteiger partial charge in [-0.25, -0.2) is 0 Å². The average molecular weight is 357 g/mol. The Labute approximate surface area is 158 Å². The summed E-state index contributed by atoms with van der Waals surface area (Å²) in [4.78, 5) is 5.21. The predicted molar refractivity (Wildman–Crippen MR) is 105 cm³/mol. The molecule has 0 radical (unpaired) electrons. The van der Waals surface area contributed by atoms with E-state index in [9.17, 15) is 0 Å². The van der Waals surface area contributed by atoms with Crippen molar-refractivity contribution in [3.8, 4) is 11.8 Å². The lowest BCUT2D eigenvalue weighted by molar-refractivity contribution is 0.0673. The van der Waals surface area contributed by atoms with Gasteiger partial charge in [0.1, 0.15) is 0 Å². The zero-order chi connectivity index (χ0) is 18.2. The maximum Gasteiger partial charge on any atom is 0.0589 e. The van der Waals surface area contributed by atoms with Gasteiger partial charge in [0.25, 0.3) is 0 Å². The zero-order valence-electron chi connectivity index (χ0n) is 16.0. The molecule has 4 nitrogen and oxygen atoms in total. The molecule has 1 N–H and O–H groups in total. The normalized spacial score (nSPS) is 23.9. The molecule has 26 heavy (non-hydrogen) atoms.